The van der Waals surface area contributed by atoms with Gasteiger partial charge in [-0.25, -0.2) is 0 Å². The van der Waals surface area contributed by atoms with Crippen molar-refractivity contribution in [2.75, 3.05) is 19.5 Å². The number of hydrogen-bond acceptors (Lipinski definition) is 3. The topological polar surface area (TPSA) is 26.3 Å². The second kappa shape index (κ2) is 7.71. The summed E-state index contributed by atoms with van der Waals surface area (Å²) in [4.78, 5) is 12.4. The van der Waals surface area contributed by atoms with Crippen LogP contribution in [0.5, 0.6) is 0 Å². The Balaban J connectivity index is 2.29. The average molecular weight is 259 g/mol. The van der Waals surface area contributed by atoms with Gasteiger partial charge in [-0.3, -0.25) is 4.79 Å². The SMILES string of the molecule is COCCCC(=O)CSc1ccccc1Cl. The molecule has 0 amide bonds. The molecule has 0 unspecified atom stereocenters. The highest BCUT2D eigenvalue weighted by Crippen LogP contribution is 2.26. The summed E-state index contributed by atoms with van der Waals surface area (Å²) in [6.07, 6.45) is 1.36. The second-order valence-corrected chi connectivity index (χ2v) is 4.78. The fourth-order valence-electron chi connectivity index (χ4n) is 1.21. The number of benzene rings is 1. The predicted octanol–water partition coefficient (Wildman–Crippen LogP) is 3.43. The lowest BCUT2D eigenvalue weighted by molar-refractivity contribution is -0.116. The molecular weight excluding hydrogens is 244 g/mol. The van der Waals surface area contributed by atoms with E-state index in [9.17, 15) is 4.79 Å². The lowest BCUT2D eigenvalue weighted by Gasteiger charge is -2.03. The number of carbonyl (C=O) groups excluding carboxylic acids is 1. The van der Waals surface area contributed by atoms with Crippen LogP contribution in [0.2, 0.25) is 5.02 Å². The first kappa shape index (κ1) is 13.6. The van der Waals surface area contributed by atoms with Crippen molar-refractivity contribution in [2.45, 2.75) is 17.7 Å². The second-order valence-electron chi connectivity index (χ2n) is 3.35. The largest absolute Gasteiger partial charge is 0.385 e. The smallest absolute Gasteiger partial charge is 0.143 e. The van der Waals surface area contributed by atoms with Crippen molar-refractivity contribution in [3.63, 3.8) is 0 Å². The number of methoxy groups -OCH3 is 1. The molecule has 0 N–H and O–H groups in total. The molecule has 0 saturated carbocycles. The van der Waals surface area contributed by atoms with Crippen LogP contribution in [0.3, 0.4) is 0 Å². The zero-order chi connectivity index (χ0) is 11.8. The van der Waals surface area contributed by atoms with Gasteiger partial charge in [-0.15, -0.1) is 11.8 Å². The highest BCUT2D eigenvalue weighted by molar-refractivity contribution is 8.00. The number of rotatable bonds is 7. The molecule has 1 rings (SSSR count). The van der Waals surface area contributed by atoms with Crippen molar-refractivity contribution < 1.29 is 9.53 Å². The number of carbonyl (C=O) groups is 1. The Morgan fingerprint density at radius 2 is 2.19 bits per heavy atom. The molecule has 0 bridgehead atoms. The summed E-state index contributed by atoms with van der Waals surface area (Å²) in [7, 11) is 1.64. The van der Waals surface area contributed by atoms with Gasteiger partial charge in [0.25, 0.3) is 0 Å². The van der Waals surface area contributed by atoms with Gasteiger partial charge < -0.3 is 4.74 Å². The molecule has 0 aliphatic rings. The van der Waals surface area contributed by atoms with Crippen LogP contribution in [0.15, 0.2) is 29.2 Å². The van der Waals surface area contributed by atoms with Gasteiger partial charge in [0.15, 0.2) is 0 Å². The monoisotopic (exact) mass is 258 g/mol. The highest BCUT2D eigenvalue weighted by atomic mass is 35.5. The van der Waals surface area contributed by atoms with E-state index in [1.54, 1.807) is 7.11 Å². The maximum atomic E-state index is 11.5. The van der Waals surface area contributed by atoms with E-state index in [0.29, 0.717) is 23.8 Å². The van der Waals surface area contributed by atoms with Crippen LogP contribution in [-0.2, 0) is 9.53 Å². The molecule has 0 radical (unpaired) electrons. The maximum Gasteiger partial charge on any atom is 0.143 e. The highest BCUT2D eigenvalue weighted by Gasteiger charge is 2.05. The maximum absolute atomic E-state index is 11.5. The predicted molar refractivity (Wildman–Crippen MR) is 68.3 cm³/mol. The standard InChI is InChI=1S/C12H15ClO2S/c1-15-8-4-5-10(14)9-16-12-7-3-2-6-11(12)13/h2-3,6-7H,4-5,8-9H2,1H3. The van der Waals surface area contributed by atoms with Crippen LogP contribution in [0, 0.1) is 0 Å². The van der Waals surface area contributed by atoms with Crippen LogP contribution in [0.1, 0.15) is 12.8 Å². The van der Waals surface area contributed by atoms with Crippen molar-refractivity contribution in [1.82, 2.24) is 0 Å². The molecule has 2 nitrogen and oxygen atoms in total. The third-order valence-electron chi connectivity index (χ3n) is 2.03. The number of Topliss-reactive ketones (excluding diaryl/α,β-unsaturated/α-hetero) is 1. The third-order valence-corrected chi connectivity index (χ3v) is 3.60. The third kappa shape index (κ3) is 5.01. The van der Waals surface area contributed by atoms with Gasteiger partial charge in [-0.1, -0.05) is 23.7 Å². The van der Waals surface area contributed by atoms with E-state index < -0.39 is 0 Å². The zero-order valence-corrected chi connectivity index (χ0v) is 10.8. The van der Waals surface area contributed by atoms with Gasteiger partial charge in [-0.05, 0) is 18.6 Å². The van der Waals surface area contributed by atoms with Gasteiger partial charge in [0, 0.05) is 25.0 Å². The molecular formula is C12H15ClO2S. The minimum absolute atomic E-state index is 0.238. The van der Waals surface area contributed by atoms with Gasteiger partial charge in [0.2, 0.25) is 0 Å². The quantitative estimate of drug-likeness (QED) is 0.554. The zero-order valence-electron chi connectivity index (χ0n) is 9.24. The fourth-order valence-corrected chi connectivity index (χ4v) is 2.35. The van der Waals surface area contributed by atoms with Gasteiger partial charge in [0.05, 0.1) is 10.8 Å². The molecule has 0 fully saturated rings. The van der Waals surface area contributed by atoms with Crippen LogP contribution in [0.25, 0.3) is 0 Å². The van der Waals surface area contributed by atoms with E-state index >= 15 is 0 Å². The number of halogens is 1. The number of ketones is 1. The van der Waals surface area contributed by atoms with Crippen molar-refractivity contribution in [2.24, 2.45) is 0 Å². The summed E-state index contributed by atoms with van der Waals surface area (Å²) in [6.45, 7) is 0.641. The normalized spacial score (nSPS) is 10.4. The Morgan fingerprint density at radius 1 is 1.44 bits per heavy atom. The van der Waals surface area contributed by atoms with Crippen LogP contribution in [-0.4, -0.2) is 25.3 Å². The Hall–Kier alpha value is -0.510. The van der Waals surface area contributed by atoms with Crippen molar-refractivity contribution in [3.8, 4) is 0 Å². The van der Waals surface area contributed by atoms with Crippen LogP contribution >= 0.6 is 23.4 Å². The number of ether oxygens (including phenoxy) is 1. The molecule has 0 saturated heterocycles. The van der Waals surface area contributed by atoms with Gasteiger partial charge >= 0.3 is 0 Å². The number of hydrogen-bond donors (Lipinski definition) is 0. The van der Waals surface area contributed by atoms with Crippen LogP contribution < -0.4 is 0 Å². The van der Waals surface area contributed by atoms with E-state index in [1.807, 2.05) is 24.3 Å². The van der Waals surface area contributed by atoms with E-state index in [2.05, 4.69) is 0 Å². The molecule has 0 atom stereocenters. The summed E-state index contributed by atoms with van der Waals surface area (Å²) in [5.41, 5.74) is 0. The van der Waals surface area contributed by atoms with Gasteiger partial charge in [0.1, 0.15) is 5.78 Å². The molecule has 1 aromatic carbocycles. The number of thioether (sulfide) groups is 1. The Bertz CT molecular complexity index is 342. The summed E-state index contributed by atoms with van der Waals surface area (Å²) in [6, 6.07) is 7.56. The first-order chi connectivity index (χ1) is 7.74. The lowest BCUT2D eigenvalue weighted by Crippen LogP contribution is -2.03. The van der Waals surface area contributed by atoms with E-state index in [1.165, 1.54) is 11.8 Å². The molecule has 0 aliphatic heterocycles. The molecule has 0 aliphatic carbocycles. The summed E-state index contributed by atoms with van der Waals surface area (Å²) in [5, 5.41) is 0.706. The van der Waals surface area contributed by atoms with Crippen molar-refractivity contribution >= 4 is 29.1 Å². The minimum Gasteiger partial charge on any atom is -0.385 e. The summed E-state index contributed by atoms with van der Waals surface area (Å²) in [5.74, 6) is 0.718. The summed E-state index contributed by atoms with van der Waals surface area (Å²) >= 11 is 7.47. The van der Waals surface area contributed by atoms with E-state index in [0.717, 1.165) is 11.3 Å². The lowest BCUT2D eigenvalue weighted by atomic mass is 10.2. The van der Waals surface area contributed by atoms with Gasteiger partial charge in [-0.2, -0.15) is 0 Å². The molecule has 1 aromatic rings. The molecule has 16 heavy (non-hydrogen) atoms. The van der Waals surface area contributed by atoms with Crippen molar-refractivity contribution in [3.05, 3.63) is 29.3 Å². The Kier molecular flexibility index (Phi) is 6.53. The molecule has 0 aromatic heterocycles. The van der Waals surface area contributed by atoms with E-state index in [-0.39, 0.29) is 5.78 Å². The molecule has 0 heterocycles. The minimum atomic E-state index is 0.238. The first-order valence-corrected chi connectivity index (χ1v) is 6.48. The first-order valence-electron chi connectivity index (χ1n) is 5.12. The molecule has 0 spiro atoms. The molecule has 4 heteroatoms. The Morgan fingerprint density at radius 3 is 2.88 bits per heavy atom. The van der Waals surface area contributed by atoms with Crippen molar-refractivity contribution in [1.29, 1.82) is 0 Å². The van der Waals surface area contributed by atoms with Crippen LogP contribution in [0.4, 0.5) is 0 Å². The summed E-state index contributed by atoms with van der Waals surface area (Å²) < 4.78 is 4.89. The molecule has 88 valence electrons. The van der Waals surface area contributed by atoms with E-state index in [4.69, 9.17) is 16.3 Å². The Labute approximate surface area is 105 Å². The fraction of sp³-hybridized carbons (Fsp3) is 0.417. The average Bonchev–Trinajstić information content (AvgIpc) is 2.28.